The van der Waals surface area contributed by atoms with E-state index in [1.165, 1.54) is 0 Å². The summed E-state index contributed by atoms with van der Waals surface area (Å²) >= 11 is 0. The van der Waals surface area contributed by atoms with Crippen LogP contribution < -0.4 is 5.32 Å². The highest BCUT2D eigenvalue weighted by Gasteiger charge is 2.21. The second-order valence-electron chi connectivity index (χ2n) is 7.87. The van der Waals surface area contributed by atoms with Crippen LogP contribution in [0.25, 0.3) is 11.6 Å². The van der Waals surface area contributed by atoms with Crippen LogP contribution in [-0.4, -0.2) is 35.4 Å². The van der Waals surface area contributed by atoms with E-state index in [1.807, 2.05) is 64.1 Å². The van der Waals surface area contributed by atoms with Gasteiger partial charge in [-0.15, -0.1) is 0 Å². The van der Waals surface area contributed by atoms with E-state index in [0.717, 1.165) is 34.0 Å². The Kier molecular flexibility index (Phi) is 6.00. The molecule has 1 aromatic carbocycles. The Hall–Kier alpha value is -4.32. The number of nitrogens with one attached hydrogen (secondary N) is 1. The number of benzene rings is 1. The summed E-state index contributed by atoms with van der Waals surface area (Å²) in [5, 5.41) is 21.3. The number of aromatic nitrogens is 6. The molecule has 0 bridgehead atoms. The van der Waals surface area contributed by atoms with E-state index in [1.54, 1.807) is 21.8 Å². The molecular weight excluding hydrogens is 416 g/mol. The molecule has 33 heavy (non-hydrogen) atoms. The van der Waals surface area contributed by atoms with Gasteiger partial charge in [-0.2, -0.15) is 15.5 Å². The lowest BCUT2D eigenvalue weighted by molar-refractivity contribution is -0.120. The van der Waals surface area contributed by atoms with Crippen LogP contribution in [0.2, 0.25) is 0 Å². The summed E-state index contributed by atoms with van der Waals surface area (Å²) < 4.78 is 3.33. The summed E-state index contributed by atoms with van der Waals surface area (Å²) in [6.07, 6.45) is 3.43. The molecule has 0 aliphatic carbocycles. The maximum Gasteiger partial charge on any atom is 0.251 e. The molecule has 4 aromatic rings. The van der Waals surface area contributed by atoms with Gasteiger partial charge in [-0.1, -0.05) is 18.2 Å². The average Bonchev–Trinajstić information content (AvgIpc) is 3.38. The van der Waals surface area contributed by atoms with Crippen LogP contribution in [0.5, 0.6) is 0 Å². The Labute approximate surface area is 191 Å². The Balaban J connectivity index is 1.51. The lowest BCUT2D eigenvalue weighted by Crippen LogP contribution is -2.29. The quantitative estimate of drug-likeness (QED) is 0.493. The van der Waals surface area contributed by atoms with E-state index >= 15 is 0 Å². The maximum atomic E-state index is 12.8. The highest BCUT2D eigenvalue weighted by atomic mass is 16.1. The van der Waals surface area contributed by atoms with Gasteiger partial charge in [-0.05, 0) is 45.9 Å². The van der Waals surface area contributed by atoms with Crippen molar-refractivity contribution >= 4 is 5.91 Å². The number of aryl methyl sites for hydroxylation is 3. The largest absolute Gasteiger partial charge is 0.336 e. The van der Waals surface area contributed by atoms with Gasteiger partial charge in [0, 0.05) is 34.4 Å². The van der Waals surface area contributed by atoms with Crippen LogP contribution in [0.3, 0.4) is 0 Å². The van der Waals surface area contributed by atoms with Crippen LogP contribution >= 0.6 is 0 Å². The molecule has 0 saturated carbocycles. The van der Waals surface area contributed by atoms with Crippen LogP contribution in [-0.2, 0) is 11.2 Å². The summed E-state index contributed by atoms with van der Waals surface area (Å²) in [7, 11) is 0. The minimum absolute atomic E-state index is 0.0907. The van der Waals surface area contributed by atoms with E-state index in [9.17, 15) is 10.1 Å². The van der Waals surface area contributed by atoms with E-state index in [-0.39, 0.29) is 12.3 Å². The predicted octanol–water partition coefficient (Wildman–Crippen LogP) is 3.01. The van der Waals surface area contributed by atoms with Gasteiger partial charge in [0.2, 0.25) is 5.91 Å². The molecule has 0 unspecified atom stereocenters. The molecule has 0 radical (unpaired) electrons. The lowest BCUT2D eigenvalue weighted by Gasteiger charge is -2.10. The second kappa shape index (κ2) is 9.04. The predicted molar refractivity (Wildman–Crippen MR) is 122 cm³/mol. The van der Waals surface area contributed by atoms with Crippen LogP contribution in [0.1, 0.15) is 39.9 Å². The number of hydrogen-bond donors (Lipinski definition) is 1. The minimum atomic E-state index is -0.812. The van der Waals surface area contributed by atoms with Crippen molar-refractivity contribution in [1.29, 1.82) is 5.26 Å². The third-order valence-electron chi connectivity index (χ3n) is 5.33. The number of rotatable bonds is 6. The Morgan fingerprint density at radius 3 is 2.48 bits per heavy atom. The van der Waals surface area contributed by atoms with Crippen molar-refractivity contribution in [3.05, 3.63) is 82.7 Å². The van der Waals surface area contributed by atoms with Crippen molar-refractivity contribution in [2.45, 2.75) is 40.2 Å². The Bertz CT molecular complexity index is 1330. The standard InChI is InChI=1S/C24H24N8O/c1-15-10-16(2)28-24(27-15)32-18(4)21(17(3)30-32)11-23(33)29-22(12-25)19-13-26-31(14-19)20-8-6-5-7-9-20/h5-10,13-14,22H,11H2,1-4H3,(H,29,33)/t22-/m1/s1. The molecule has 3 heterocycles. The molecular formula is C24H24N8O. The summed E-state index contributed by atoms with van der Waals surface area (Å²) in [5.41, 5.74) is 5.47. The fourth-order valence-electron chi connectivity index (χ4n) is 3.70. The molecule has 0 saturated heterocycles. The van der Waals surface area contributed by atoms with Gasteiger partial charge in [0.25, 0.3) is 5.95 Å². The fraction of sp³-hybridized carbons (Fsp3) is 0.250. The van der Waals surface area contributed by atoms with Gasteiger partial charge in [0.15, 0.2) is 0 Å². The third kappa shape index (κ3) is 4.65. The van der Waals surface area contributed by atoms with E-state index in [2.05, 4.69) is 31.6 Å². The van der Waals surface area contributed by atoms with Gasteiger partial charge in [0.05, 0.1) is 30.1 Å². The number of amides is 1. The first-order chi connectivity index (χ1) is 15.9. The zero-order valence-electron chi connectivity index (χ0n) is 18.9. The molecule has 4 rings (SSSR count). The molecule has 1 atom stereocenters. The monoisotopic (exact) mass is 440 g/mol. The van der Waals surface area contributed by atoms with Gasteiger partial charge in [0.1, 0.15) is 6.04 Å². The molecule has 3 aromatic heterocycles. The van der Waals surface area contributed by atoms with Gasteiger partial charge >= 0.3 is 0 Å². The minimum Gasteiger partial charge on any atom is -0.336 e. The SMILES string of the molecule is Cc1cc(C)nc(-n2nc(C)c(CC(=O)N[C@H](C#N)c3cnn(-c4ccccc4)c3)c2C)n1. The first kappa shape index (κ1) is 21.9. The molecule has 0 spiro atoms. The molecule has 166 valence electrons. The van der Waals surface area contributed by atoms with Crippen molar-refractivity contribution in [2.75, 3.05) is 0 Å². The second-order valence-corrected chi connectivity index (χ2v) is 7.87. The van der Waals surface area contributed by atoms with Crippen LogP contribution in [0.15, 0.2) is 48.8 Å². The molecule has 9 nitrogen and oxygen atoms in total. The average molecular weight is 441 g/mol. The summed E-state index contributed by atoms with van der Waals surface area (Å²) in [4.78, 5) is 21.8. The first-order valence-corrected chi connectivity index (χ1v) is 10.5. The smallest absolute Gasteiger partial charge is 0.251 e. The molecule has 0 fully saturated rings. The molecule has 9 heteroatoms. The molecule has 0 aliphatic rings. The number of carbonyl (C=O) groups excluding carboxylic acids is 1. The van der Waals surface area contributed by atoms with Crippen molar-refractivity contribution < 1.29 is 4.79 Å². The topological polar surface area (TPSA) is 114 Å². The van der Waals surface area contributed by atoms with Crippen molar-refractivity contribution in [2.24, 2.45) is 0 Å². The van der Waals surface area contributed by atoms with Crippen LogP contribution in [0, 0.1) is 39.0 Å². The van der Waals surface area contributed by atoms with Gasteiger partial charge in [-0.3, -0.25) is 4.79 Å². The third-order valence-corrected chi connectivity index (χ3v) is 5.33. The number of para-hydroxylation sites is 1. The normalized spacial score (nSPS) is 11.7. The number of hydrogen-bond acceptors (Lipinski definition) is 6. The van der Waals surface area contributed by atoms with Crippen molar-refractivity contribution in [3.8, 4) is 17.7 Å². The van der Waals surface area contributed by atoms with Crippen molar-refractivity contribution in [1.82, 2.24) is 34.8 Å². The van der Waals surface area contributed by atoms with Crippen molar-refractivity contribution in [3.63, 3.8) is 0 Å². The molecule has 1 N–H and O–H groups in total. The first-order valence-electron chi connectivity index (χ1n) is 10.5. The van der Waals surface area contributed by atoms with Gasteiger partial charge < -0.3 is 5.32 Å². The Morgan fingerprint density at radius 2 is 1.82 bits per heavy atom. The summed E-state index contributed by atoms with van der Waals surface area (Å²) in [6.45, 7) is 7.54. The maximum absolute atomic E-state index is 12.8. The Morgan fingerprint density at radius 1 is 1.12 bits per heavy atom. The van der Waals surface area contributed by atoms with Gasteiger partial charge in [-0.25, -0.2) is 19.3 Å². The number of nitriles is 1. The number of carbonyl (C=O) groups is 1. The zero-order chi connectivity index (χ0) is 23.5. The van der Waals surface area contributed by atoms with E-state index < -0.39 is 6.04 Å². The summed E-state index contributed by atoms with van der Waals surface area (Å²) in [6, 6.07) is 12.8. The highest BCUT2D eigenvalue weighted by molar-refractivity contribution is 5.80. The molecule has 0 aliphatic heterocycles. The number of nitrogens with zero attached hydrogens (tertiary/aromatic N) is 7. The fourth-order valence-corrected chi connectivity index (χ4v) is 3.70. The lowest BCUT2D eigenvalue weighted by atomic mass is 10.1. The van der Waals surface area contributed by atoms with E-state index in [4.69, 9.17) is 0 Å². The summed E-state index contributed by atoms with van der Waals surface area (Å²) in [5.74, 6) is 0.198. The van der Waals surface area contributed by atoms with Crippen LogP contribution in [0.4, 0.5) is 0 Å². The zero-order valence-corrected chi connectivity index (χ0v) is 18.9. The van der Waals surface area contributed by atoms with E-state index in [0.29, 0.717) is 11.5 Å². The highest BCUT2D eigenvalue weighted by Crippen LogP contribution is 2.19. The molecule has 1 amide bonds.